The van der Waals surface area contributed by atoms with E-state index >= 15 is 0 Å². The van der Waals surface area contributed by atoms with Gasteiger partial charge in [0.1, 0.15) is 0 Å². The largest absolute Gasteiger partial charge is 0.360 e. The van der Waals surface area contributed by atoms with Gasteiger partial charge in [-0.1, -0.05) is 52.9 Å². The van der Waals surface area contributed by atoms with Crippen molar-refractivity contribution in [1.82, 2.24) is 15.1 Å². The van der Waals surface area contributed by atoms with Crippen LogP contribution in [0.4, 0.5) is 5.13 Å². The highest BCUT2D eigenvalue weighted by Crippen LogP contribution is 2.26. The Morgan fingerprint density at radius 3 is 2.86 bits per heavy atom. The van der Waals surface area contributed by atoms with Crippen LogP contribution >= 0.6 is 34.4 Å². The molecule has 0 saturated carbocycles. The van der Waals surface area contributed by atoms with Crippen LogP contribution in [0.25, 0.3) is 0 Å². The Kier molecular flexibility index (Phi) is 7.47. The number of carbonyl (C=O) groups excluding carboxylic acids is 1. The zero-order valence-electron chi connectivity index (χ0n) is 16.3. The van der Waals surface area contributed by atoms with E-state index in [1.807, 2.05) is 7.05 Å². The van der Waals surface area contributed by atoms with E-state index in [0.29, 0.717) is 12.3 Å². The standard InChI is InChI=1S/C20H24N4OS3/c1-14-6-7-16(15(2)11-14)12-24(3)18(25)13-27-20-23-22-19(28-20)21-9-8-17-5-4-10-26-17/h4-7,10-11H,8-9,12-13H2,1-3H3,(H,21,22). The molecule has 8 heteroatoms. The minimum absolute atomic E-state index is 0.0902. The lowest BCUT2D eigenvalue weighted by molar-refractivity contribution is -0.127. The van der Waals surface area contributed by atoms with Crippen molar-refractivity contribution >= 4 is 45.5 Å². The number of hydrogen-bond donors (Lipinski definition) is 1. The summed E-state index contributed by atoms with van der Waals surface area (Å²) in [5.41, 5.74) is 3.64. The van der Waals surface area contributed by atoms with Crippen molar-refractivity contribution in [3.8, 4) is 0 Å². The Morgan fingerprint density at radius 2 is 2.11 bits per heavy atom. The first kappa shape index (κ1) is 20.8. The number of aromatic nitrogens is 2. The van der Waals surface area contributed by atoms with Gasteiger partial charge in [0.05, 0.1) is 5.75 Å². The van der Waals surface area contributed by atoms with Crippen LogP contribution in [-0.4, -0.2) is 40.3 Å². The van der Waals surface area contributed by atoms with Crippen molar-refractivity contribution in [2.75, 3.05) is 24.7 Å². The number of nitrogens with zero attached hydrogens (tertiary/aromatic N) is 3. The Morgan fingerprint density at radius 1 is 1.25 bits per heavy atom. The number of thioether (sulfide) groups is 1. The molecule has 1 aromatic carbocycles. The average molecular weight is 433 g/mol. The molecule has 0 fully saturated rings. The van der Waals surface area contributed by atoms with Crippen molar-refractivity contribution in [3.05, 3.63) is 57.3 Å². The van der Waals surface area contributed by atoms with Crippen molar-refractivity contribution in [1.29, 1.82) is 0 Å². The summed E-state index contributed by atoms with van der Waals surface area (Å²) in [5.74, 6) is 0.456. The number of nitrogens with one attached hydrogen (secondary N) is 1. The molecule has 1 N–H and O–H groups in total. The fourth-order valence-electron chi connectivity index (χ4n) is 2.69. The van der Waals surface area contributed by atoms with Gasteiger partial charge in [0.15, 0.2) is 4.34 Å². The Balaban J connectivity index is 1.43. The van der Waals surface area contributed by atoms with Crippen molar-refractivity contribution in [3.63, 3.8) is 0 Å². The van der Waals surface area contributed by atoms with E-state index in [4.69, 9.17) is 0 Å². The van der Waals surface area contributed by atoms with Gasteiger partial charge in [-0.05, 0) is 42.8 Å². The fraction of sp³-hybridized carbons (Fsp3) is 0.350. The molecule has 0 aliphatic rings. The topological polar surface area (TPSA) is 58.1 Å². The molecule has 2 aromatic heterocycles. The number of hydrogen-bond acceptors (Lipinski definition) is 7. The third-order valence-corrected chi connectivity index (χ3v) is 7.22. The SMILES string of the molecule is Cc1ccc(CN(C)C(=O)CSc2nnc(NCCc3cccs3)s2)c(C)c1. The summed E-state index contributed by atoms with van der Waals surface area (Å²) >= 11 is 4.70. The summed E-state index contributed by atoms with van der Waals surface area (Å²) in [6, 6.07) is 10.5. The predicted octanol–water partition coefficient (Wildman–Crippen LogP) is 4.62. The maximum absolute atomic E-state index is 12.5. The molecule has 0 radical (unpaired) electrons. The number of thiophene rings is 1. The van der Waals surface area contributed by atoms with Gasteiger partial charge >= 0.3 is 0 Å². The lowest BCUT2D eigenvalue weighted by Gasteiger charge is -2.18. The average Bonchev–Trinajstić information content (AvgIpc) is 3.34. The van der Waals surface area contributed by atoms with Crippen LogP contribution in [0.5, 0.6) is 0 Å². The first-order valence-electron chi connectivity index (χ1n) is 9.04. The lowest BCUT2D eigenvalue weighted by atomic mass is 10.1. The second-order valence-electron chi connectivity index (χ2n) is 6.60. The van der Waals surface area contributed by atoms with Gasteiger partial charge in [-0.25, -0.2) is 0 Å². The molecule has 0 atom stereocenters. The van der Waals surface area contributed by atoms with E-state index in [2.05, 4.69) is 65.1 Å². The van der Waals surface area contributed by atoms with Crippen molar-refractivity contribution in [2.24, 2.45) is 0 Å². The van der Waals surface area contributed by atoms with Gasteiger partial charge in [-0.15, -0.1) is 21.5 Å². The number of benzene rings is 1. The monoisotopic (exact) mass is 432 g/mol. The molecule has 5 nitrogen and oxygen atoms in total. The van der Waals surface area contributed by atoms with Gasteiger partial charge in [-0.2, -0.15) is 0 Å². The van der Waals surface area contributed by atoms with E-state index in [9.17, 15) is 4.79 Å². The first-order chi connectivity index (χ1) is 13.5. The molecule has 0 aliphatic heterocycles. The molecule has 0 aliphatic carbocycles. The highest BCUT2D eigenvalue weighted by molar-refractivity contribution is 8.01. The van der Waals surface area contributed by atoms with E-state index in [-0.39, 0.29) is 5.91 Å². The van der Waals surface area contributed by atoms with E-state index in [1.165, 1.54) is 44.7 Å². The molecule has 0 saturated heterocycles. The minimum Gasteiger partial charge on any atom is -0.360 e. The Labute approximate surface area is 178 Å². The maximum Gasteiger partial charge on any atom is 0.233 e. The van der Waals surface area contributed by atoms with Crippen LogP contribution in [0, 0.1) is 13.8 Å². The highest BCUT2D eigenvalue weighted by Gasteiger charge is 2.13. The van der Waals surface area contributed by atoms with Gasteiger partial charge in [0, 0.05) is 25.0 Å². The van der Waals surface area contributed by atoms with Gasteiger partial charge in [0.25, 0.3) is 0 Å². The van der Waals surface area contributed by atoms with Gasteiger partial charge in [-0.3, -0.25) is 4.79 Å². The van der Waals surface area contributed by atoms with E-state index in [0.717, 1.165) is 22.4 Å². The first-order valence-corrected chi connectivity index (χ1v) is 11.7. The summed E-state index contributed by atoms with van der Waals surface area (Å²) in [6.07, 6.45) is 0.974. The molecule has 0 bridgehead atoms. The quantitative estimate of drug-likeness (QED) is 0.500. The van der Waals surface area contributed by atoms with Gasteiger partial charge < -0.3 is 10.2 Å². The third kappa shape index (κ3) is 6.05. The number of aryl methyl sites for hydroxylation is 2. The second kappa shape index (κ2) is 10.0. The van der Waals surface area contributed by atoms with E-state index < -0.39 is 0 Å². The molecule has 0 spiro atoms. The van der Waals surface area contributed by atoms with Crippen LogP contribution in [-0.2, 0) is 17.8 Å². The van der Waals surface area contributed by atoms with Crippen LogP contribution in [0.3, 0.4) is 0 Å². The molecule has 28 heavy (non-hydrogen) atoms. The molecule has 3 rings (SSSR count). The number of rotatable bonds is 9. The molecule has 148 valence electrons. The zero-order valence-corrected chi connectivity index (χ0v) is 18.7. The summed E-state index contributed by atoms with van der Waals surface area (Å²) in [5, 5.41) is 14.5. The molecular weight excluding hydrogens is 408 g/mol. The normalized spacial score (nSPS) is 10.8. The van der Waals surface area contributed by atoms with Crippen LogP contribution in [0.2, 0.25) is 0 Å². The van der Waals surface area contributed by atoms with Crippen molar-refractivity contribution < 1.29 is 4.79 Å². The zero-order chi connectivity index (χ0) is 19.9. The highest BCUT2D eigenvalue weighted by atomic mass is 32.2. The van der Waals surface area contributed by atoms with Crippen molar-refractivity contribution in [2.45, 2.75) is 31.2 Å². The molecule has 1 amide bonds. The molecule has 3 aromatic rings. The van der Waals surface area contributed by atoms with E-state index in [1.54, 1.807) is 16.2 Å². The lowest BCUT2D eigenvalue weighted by Crippen LogP contribution is -2.28. The number of amides is 1. The van der Waals surface area contributed by atoms with Crippen LogP contribution in [0.15, 0.2) is 40.1 Å². The molecular formula is C20H24N4OS3. The molecule has 2 heterocycles. The smallest absolute Gasteiger partial charge is 0.233 e. The summed E-state index contributed by atoms with van der Waals surface area (Å²) < 4.78 is 0.812. The second-order valence-corrected chi connectivity index (χ2v) is 9.83. The predicted molar refractivity (Wildman–Crippen MR) is 120 cm³/mol. The molecule has 0 unspecified atom stereocenters. The maximum atomic E-state index is 12.5. The van der Waals surface area contributed by atoms with Crippen LogP contribution in [0.1, 0.15) is 21.6 Å². The fourth-order valence-corrected chi connectivity index (χ4v) is 5.11. The Hall–Kier alpha value is -1.90. The summed E-state index contributed by atoms with van der Waals surface area (Å²) in [4.78, 5) is 15.6. The number of carbonyl (C=O) groups is 1. The number of anilines is 1. The van der Waals surface area contributed by atoms with Gasteiger partial charge in [0.2, 0.25) is 11.0 Å². The Bertz CT molecular complexity index is 908. The minimum atomic E-state index is 0.0902. The van der Waals surface area contributed by atoms with Crippen LogP contribution < -0.4 is 5.32 Å². The summed E-state index contributed by atoms with van der Waals surface area (Å²) in [7, 11) is 1.85. The summed E-state index contributed by atoms with van der Waals surface area (Å²) in [6.45, 7) is 5.62. The third-order valence-electron chi connectivity index (χ3n) is 4.28.